The number of carbonyl (C=O) groups excluding carboxylic acids is 1. The number of carbonyl (C=O) groups is 1. The summed E-state index contributed by atoms with van der Waals surface area (Å²) in [6.45, 7) is 5.94. The predicted molar refractivity (Wildman–Crippen MR) is 77.5 cm³/mol. The zero-order valence-electron chi connectivity index (χ0n) is 12.2. The fourth-order valence-electron chi connectivity index (χ4n) is 3.52. The molecule has 1 aliphatic heterocycles. The molecule has 0 bridgehead atoms. The number of amides is 1. The van der Waals surface area contributed by atoms with Gasteiger partial charge in [0.2, 0.25) is 5.91 Å². The van der Waals surface area contributed by atoms with E-state index in [0.29, 0.717) is 11.8 Å². The second-order valence-corrected chi connectivity index (χ2v) is 6.56. The van der Waals surface area contributed by atoms with E-state index in [4.69, 9.17) is 0 Å². The van der Waals surface area contributed by atoms with E-state index in [1.54, 1.807) is 16.9 Å². The average molecular weight is 285 g/mol. The number of hydrogen-bond donors (Lipinski definition) is 2. The minimum absolute atomic E-state index is 0.155. The molecular weight excluding hydrogens is 266 g/mol. The van der Waals surface area contributed by atoms with Crippen molar-refractivity contribution in [3.63, 3.8) is 0 Å². The molecule has 6 nitrogen and oxygen atoms in total. The van der Waals surface area contributed by atoms with Gasteiger partial charge in [-0.2, -0.15) is 5.10 Å². The van der Waals surface area contributed by atoms with Crippen LogP contribution in [-0.2, 0) is 10.3 Å². The lowest BCUT2D eigenvalue weighted by atomic mass is 10.0. The Morgan fingerprint density at radius 1 is 1.43 bits per heavy atom. The van der Waals surface area contributed by atoms with E-state index >= 15 is 0 Å². The Bertz CT molecular complexity index is 697. The van der Waals surface area contributed by atoms with Crippen molar-refractivity contribution in [3.8, 4) is 0 Å². The molecule has 2 N–H and O–H groups in total. The fourth-order valence-corrected chi connectivity index (χ4v) is 3.52. The SMILES string of the molecule is CC(C)(NC(=O)C1C2CNCC21)c1cnc2cccnn12. The van der Waals surface area contributed by atoms with E-state index in [1.807, 2.05) is 26.0 Å². The molecule has 0 spiro atoms. The normalized spacial score (nSPS) is 27.6. The number of rotatable bonds is 3. The standard InChI is InChI=1S/C15H19N5O/c1-15(2,11-8-17-12-4-3-5-18-20(11)12)19-14(21)13-9-6-16-7-10(9)13/h3-5,8-10,13,16H,6-7H2,1-2H3,(H,19,21). The van der Waals surface area contributed by atoms with Gasteiger partial charge in [0.1, 0.15) is 0 Å². The number of aromatic nitrogens is 3. The van der Waals surface area contributed by atoms with Crippen molar-refractivity contribution in [2.75, 3.05) is 13.1 Å². The Morgan fingerprint density at radius 3 is 2.95 bits per heavy atom. The summed E-state index contributed by atoms with van der Waals surface area (Å²) in [7, 11) is 0. The van der Waals surface area contributed by atoms with Gasteiger partial charge in [0.05, 0.1) is 17.4 Å². The molecule has 4 rings (SSSR count). The van der Waals surface area contributed by atoms with Crippen LogP contribution in [0.1, 0.15) is 19.5 Å². The summed E-state index contributed by atoms with van der Waals surface area (Å²) in [5.41, 5.74) is 1.20. The predicted octanol–water partition coefficient (Wildman–Crippen LogP) is 0.546. The lowest BCUT2D eigenvalue weighted by molar-refractivity contribution is -0.124. The number of hydrogen-bond acceptors (Lipinski definition) is 4. The number of fused-ring (bicyclic) bond motifs is 2. The van der Waals surface area contributed by atoms with Crippen LogP contribution >= 0.6 is 0 Å². The van der Waals surface area contributed by atoms with E-state index in [9.17, 15) is 4.79 Å². The van der Waals surface area contributed by atoms with Crippen LogP contribution in [0.2, 0.25) is 0 Å². The monoisotopic (exact) mass is 285 g/mol. The van der Waals surface area contributed by atoms with Crippen molar-refractivity contribution in [2.45, 2.75) is 19.4 Å². The van der Waals surface area contributed by atoms with Gasteiger partial charge in [0, 0.05) is 12.1 Å². The molecule has 6 heteroatoms. The Morgan fingerprint density at radius 2 is 2.19 bits per heavy atom. The van der Waals surface area contributed by atoms with Gasteiger partial charge in [-0.15, -0.1) is 0 Å². The molecule has 2 aliphatic rings. The highest BCUT2D eigenvalue weighted by Gasteiger charge is 2.57. The molecule has 1 saturated heterocycles. The first-order valence-electron chi connectivity index (χ1n) is 7.40. The highest BCUT2D eigenvalue weighted by atomic mass is 16.2. The van der Waals surface area contributed by atoms with Gasteiger partial charge in [0.15, 0.2) is 5.65 Å². The molecule has 2 aromatic heterocycles. The van der Waals surface area contributed by atoms with E-state index in [-0.39, 0.29) is 11.8 Å². The molecule has 2 atom stereocenters. The maximum absolute atomic E-state index is 12.5. The lowest BCUT2D eigenvalue weighted by Gasteiger charge is -2.26. The van der Waals surface area contributed by atoms with Gasteiger partial charge < -0.3 is 10.6 Å². The molecule has 0 aromatic carbocycles. The summed E-state index contributed by atoms with van der Waals surface area (Å²) < 4.78 is 1.79. The topological polar surface area (TPSA) is 71.3 Å². The van der Waals surface area contributed by atoms with Crippen LogP contribution in [0.15, 0.2) is 24.5 Å². The average Bonchev–Trinajstić information content (AvgIpc) is 2.82. The van der Waals surface area contributed by atoms with Gasteiger partial charge in [-0.1, -0.05) is 0 Å². The molecule has 1 aliphatic carbocycles. The third kappa shape index (κ3) is 1.93. The lowest BCUT2D eigenvalue weighted by Crippen LogP contribution is -2.44. The third-order valence-electron chi connectivity index (χ3n) is 4.75. The summed E-state index contributed by atoms with van der Waals surface area (Å²) in [4.78, 5) is 16.8. The van der Waals surface area contributed by atoms with Crippen molar-refractivity contribution < 1.29 is 4.79 Å². The molecular formula is C15H19N5O. The first-order chi connectivity index (χ1) is 10.1. The molecule has 110 valence electrons. The smallest absolute Gasteiger partial charge is 0.224 e. The minimum Gasteiger partial charge on any atom is -0.345 e. The number of imidazole rings is 1. The van der Waals surface area contributed by atoms with E-state index in [1.165, 1.54) is 0 Å². The third-order valence-corrected chi connectivity index (χ3v) is 4.75. The van der Waals surface area contributed by atoms with Crippen LogP contribution < -0.4 is 10.6 Å². The number of nitrogens with one attached hydrogen (secondary N) is 2. The molecule has 3 heterocycles. The van der Waals surface area contributed by atoms with Gasteiger partial charge in [-0.05, 0) is 50.9 Å². The summed E-state index contributed by atoms with van der Waals surface area (Å²) in [5.74, 6) is 1.39. The zero-order chi connectivity index (χ0) is 14.6. The number of piperidine rings is 1. The Balaban J connectivity index is 1.57. The zero-order valence-corrected chi connectivity index (χ0v) is 12.2. The van der Waals surface area contributed by atoms with Crippen LogP contribution in [-0.4, -0.2) is 33.6 Å². The van der Waals surface area contributed by atoms with Crippen LogP contribution in [0.25, 0.3) is 5.65 Å². The summed E-state index contributed by atoms with van der Waals surface area (Å²) in [5, 5.41) is 10.8. The van der Waals surface area contributed by atoms with Crippen molar-refractivity contribution in [1.29, 1.82) is 0 Å². The first-order valence-corrected chi connectivity index (χ1v) is 7.40. The highest BCUT2D eigenvalue weighted by molar-refractivity contribution is 5.83. The van der Waals surface area contributed by atoms with E-state index in [0.717, 1.165) is 24.4 Å². The summed E-state index contributed by atoms with van der Waals surface area (Å²) in [6.07, 6.45) is 3.52. The van der Waals surface area contributed by atoms with Crippen LogP contribution in [0.4, 0.5) is 0 Å². The van der Waals surface area contributed by atoms with Gasteiger partial charge >= 0.3 is 0 Å². The second kappa shape index (κ2) is 4.27. The molecule has 21 heavy (non-hydrogen) atoms. The second-order valence-electron chi connectivity index (χ2n) is 6.56. The Hall–Kier alpha value is -1.95. The largest absolute Gasteiger partial charge is 0.345 e. The molecule has 0 radical (unpaired) electrons. The fraction of sp³-hybridized carbons (Fsp3) is 0.533. The maximum Gasteiger partial charge on any atom is 0.224 e. The quantitative estimate of drug-likeness (QED) is 0.864. The van der Waals surface area contributed by atoms with Crippen LogP contribution in [0.5, 0.6) is 0 Å². The van der Waals surface area contributed by atoms with Crippen LogP contribution in [0.3, 0.4) is 0 Å². The van der Waals surface area contributed by atoms with Crippen molar-refractivity contribution in [1.82, 2.24) is 25.2 Å². The Kier molecular flexibility index (Phi) is 2.60. The van der Waals surface area contributed by atoms with Crippen LogP contribution in [0, 0.1) is 17.8 Å². The molecule has 2 unspecified atom stereocenters. The van der Waals surface area contributed by atoms with Crippen molar-refractivity contribution in [2.24, 2.45) is 17.8 Å². The molecule has 1 saturated carbocycles. The van der Waals surface area contributed by atoms with E-state index in [2.05, 4.69) is 20.7 Å². The first kappa shape index (κ1) is 12.8. The Labute approximate surface area is 122 Å². The van der Waals surface area contributed by atoms with Crippen molar-refractivity contribution >= 4 is 11.6 Å². The van der Waals surface area contributed by atoms with Crippen molar-refractivity contribution in [3.05, 3.63) is 30.2 Å². The van der Waals surface area contributed by atoms with Gasteiger partial charge in [-0.25, -0.2) is 9.50 Å². The maximum atomic E-state index is 12.5. The molecule has 2 aromatic rings. The summed E-state index contributed by atoms with van der Waals surface area (Å²) >= 11 is 0. The molecule has 2 fully saturated rings. The summed E-state index contributed by atoms with van der Waals surface area (Å²) in [6, 6.07) is 3.77. The van der Waals surface area contributed by atoms with Gasteiger partial charge in [0.25, 0.3) is 0 Å². The minimum atomic E-state index is -0.491. The highest BCUT2D eigenvalue weighted by Crippen LogP contribution is 2.49. The number of nitrogens with zero attached hydrogens (tertiary/aromatic N) is 3. The molecule has 1 amide bonds. The van der Waals surface area contributed by atoms with Gasteiger partial charge in [-0.3, -0.25) is 4.79 Å². The van der Waals surface area contributed by atoms with E-state index < -0.39 is 5.54 Å².